The SMILES string of the molecule is COc1ccccc1S(=O)(=O)NC[C@@H]1Cc2ccccc2CO1. The van der Waals surface area contributed by atoms with Gasteiger partial charge >= 0.3 is 0 Å². The van der Waals surface area contributed by atoms with Gasteiger partial charge in [-0.05, 0) is 23.3 Å². The van der Waals surface area contributed by atoms with Gasteiger partial charge in [-0.1, -0.05) is 36.4 Å². The summed E-state index contributed by atoms with van der Waals surface area (Å²) in [6, 6.07) is 14.6. The summed E-state index contributed by atoms with van der Waals surface area (Å²) in [6.45, 7) is 0.742. The summed E-state index contributed by atoms with van der Waals surface area (Å²) < 4.78 is 38.4. The van der Waals surface area contributed by atoms with Gasteiger partial charge in [0, 0.05) is 13.0 Å². The molecule has 5 nitrogen and oxygen atoms in total. The van der Waals surface area contributed by atoms with Crippen LogP contribution >= 0.6 is 0 Å². The third kappa shape index (κ3) is 3.55. The molecule has 0 fully saturated rings. The summed E-state index contributed by atoms with van der Waals surface area (Å²) >= 11 is 0. The normalized spacial score (nSPS) is 17.5. The lowest BCUT2D eigenvalue weighted by molar-refractivity contribution is 0.0322. The van der Waals surface area contributed by atoms with Gasteiger partial charge in [-0.2, -0.15) is 0 Å². The molecule has 0 saturated heterocycles. The predicted octanol–water partition coefficient (Wildman–Crippen LogP) is 2.12. The summed E-state index contributed by atoms with van der Waals surface area (Å²) in [5, 5.41) is 0. The first-order valence-electron chi connectivity index (χ1n) is 7.41. The Kier molecular flexibility index (Phi) is 4.66. The fraction of sp³-hybridized carbons (Fsp3) is 0.294. The average Bonchev–Trinajstić information content (AvgIpc) is 2.60. The van der Waals surface area contributed by atoms with Crippen LogP contribution in [0, 0.1) is 0 Å². The van der Waals surface area contributed by atoms with Gasteiger partial charge in [0.25, 0.3) is 0 Å². The van der Waals surface area contributed by atoms with E-state index in [-0.39, 0.29) is 17.5 Å². The fourth-order valence-electron chi connectivity index (χ4n) is 2.66. The zero-order chi connectivity index (χ0) is 16.3. The molecule has 3 rings (SSSR count). The van der Waals surface area contributed by atoms with Crippen LogP contribution in [0.3, 0.4) is 0 Å². The number of rotatable bonds is 5. The number of hydrogen-bond acceptors (Lipinski definition) is 4. The second kappa shape index (κ2) is 6.70. The Hall–Kier alpha value is -1.89. The standard InChI is InChI=1S/C17H19NO4S/c1-21-16-8-4-5-9-17(16)23(19,20)18-11-15-10-13-6-2-3-7-14(13)12-22-15/h2-9,15,18H,10-12H2,1H3/t15-/m0/s1. The minimum Gasteiger partial charge on any atom is -0.495 e. The first-order chi connectivity index (χ1) is 11.1. The molecule has 0 aromatic heterocycles. The lowest BCUT2D eigenvalue weighted by Gasteiger charge is -2.25. The molecule has 1 atom stereocenters. The van der Waals surface area contributed by atoms with Gasteiger partial charge in [0.15, 0.2) is 0 Å². The molecule has 2 aromatic carbocycles. The second-order valence-corrected chi connectivity index (χ2v) is 7.14. The number of methoxy groups -OCH3 is 1. The summed E-state index contributed by atoms with van der Waals surface area (Å²) in [7, 11) is -2.18. The van der Waals surface area contributed by atoms with Gasteiger partial charge in [-0.25, -0.2) is 13.1 Å². The lowest BCUT2D eigenvalue weighted by atomic mass is 9.99. The number of para-hydroxylation sites is 1. The van der Waals surface area contributed by atoms with Crippen molar-refractivity contribution in [3.8, 4) is 5.75 Å². The molecule has 1 aliphatic heterocycles. The van der Waals surface area contributed by atoms with Gasteiger partial charge in [0.2, 0.25) is 10.0 Å². The van der Waals surface area contributed by atoms with Crippen molar-refractivity contribution in [2.45, 2.75) is 24.0 Å². The van der Waals surface area contributed by atoms with Crippen LogP contribution in [-0.4, -0.2) is 28.2 Å². The lowest BCUT2D eigenvalue weighted by Crippen LogP contribution is -2.36. The molecule has 0 spiro atoms. The van der Waals surface area contributed by atoms with E-state index in [1.54, 1.807) is 18.2 Å². The summed E-state index contributed by atoms with van der Waals surface area (Å²) in [6.07, 6.45) is 0.527. The molecule has 1 heterocycles. The smallest absolute Gasteiger partial charge is 0.244 e. The average molecular weight is 333 g/mol. The Morgan fingerprint density at radius 3 is 2.61 bits per heavy atom. The third-order valence-corrected chi connectivity index (χ3v) is 5.36. The molecule has 0 aliphatic carbocycles. The van der Waals surface area contributed by atoms with Crippen LogP contribution < -0.4 is 9.46 Å². The van der Waals surface area contributed by atoms with Crippen LogP contribution in [-0.2, 0) is 27.8 Å². The largest absolute Gasteiger partial charge is 0.495 e. The molecule has 122 valence electrons. The van der Waals surface area contributed by atoms with Crippen LogP contribution in [0.25, 0.3) is 0 Å². The van der Waals surface area contributed by atoms with Crippen LogP contribution in [0.5, 0.6) is 5.75 Å². The maximum absolute atomic E-state index is 12.5. The Morgan fingerprint density at radius 1 is 1.13 bits per heavy atom. The fourth-order valence-corrected chi connectivity index (χ4v) is 3.90. The number of nitrogens with one attached hydrogen (secondary N) is 1. The molecule has 0 saturated carbocycles. The van der Waals surface area contributed by atoms with Crippen molar-refractivity contribution in [1.29, 1.82) is 0 Å². The molecule has 1 aliphatic rings. The van der Waals surface area contributed by atoms with Crippen molar-refractivity contribution in [1.82, 2.24) is 4.72 Å². The number of fused-ring (bicyclic) bond motifs is 1. The van der Waals surface area contributed by atoms with E-state index >= 15 is 0 Å². The van der Waals surface area contributed by atoms with Crippen LogP contribution in [0.15, 0.2) is 53.4 Å². The first kappa shape index (κ1) is 16.0. The van der Waals surface area contributed by atoms with E-state index in [1.165, 1.54) is 18.7 Å². The van der Waals surface area contributed by atoms with E-state index in [1.807, 2.05) is 18.2 Å². The summed E-state index contributed by atoms with van der Waals surface area (Å²) in [5.74, 6) is 0.329. The Labute approximate surface area is 136 Å². The van der Waals surface area contributed by atoms with E-state index in [9.17, 15) is 8.42 Å². The van der Waals surface area contributed by atoms with E-state index in [0.29, 0.717) is 18.8 Å². The summed E-state index contributed by atoms with van der Waals surface area (Å²) in [4.78, 5) is 0.138. The van der Waals surface area contributed by atoms with E-state index in [4.69, 9.17) is 9.47 Å². The quantitative estimate of drug-likeness (QED) is 0.910. The molecule has 0 bridgehead atoms. The van der Waals surface area contributed by atoms with Gasteiger partial charge in [-0.15, -0.1) is 0 Å². The van der Waals surface area contributed by atoms with Crippen molar-refractivity contribution < 1.29 is 17.9 Å². The molecular formula is C17H19NO4S. The molecule has 2 aromatic rings. The highest BCUT2D eigenvalue weighted by atomic mass is 32.2. The van der Waals surface area contributed by atoms with Gasteiger partial charge < -0.3 is 9.47 Å². The number of sulfonamides is 1. The van der Waals surface area contributed by atoms with E-state index in [0.717, 1.165) is 5.56 Å². The molecular weight excluding hydrogens is 314 g/mol. The summed E-state index contributed by atoms with van der Waals surface area (Å²) in [5.41, 5.74) is 2.37. The molecule has 6 heteroatoms. The maximum Gasteiger partial charge on any atom is 0.244 e. The first-order valence-corrected chi connectivity index (χ1v) is 8.89. The van der Waals surface area contributed by atoms with E-state index in [2.05, 4.69) is 10.8 Å². The second-order valence-electron chi connectivity index (χ2n) is 5.41. The van der Waals surface area contributed by atoms with Crippen LogP contribution in [0.2, 0.25) is 0 Å². The highest BCUT2D eigenvalue weighted by molar-refractivity contribution is 7.89. The van der Waals surface area contributed by atoms with Gasteiger partial charge in [-0.3, -0.25) is 0 Å². The van der Waals surface area contributed by atoms with Crippen LogP contribution in [0.4, 0.5) is 0 Å². The highest BCUT2D eigenvalue weighted by Crippen LogP contribution is 2.23. The van der Waals surface area contributed by atoms with Crippen molar-refractivity contribution >= 4 is 10.0 Å². The maximum atomic E-state index is 12.5. The molecule has 23 heavy (non-hydrogen) atoms. The topological polar surface area (TPSA) is 64.6 Å². The zero-order valence-corrected chi connectivity index (χ0v) is 13.7. The number of benzene rings is 2. The molecule has 0 unspecified atom stereocenters. The van der Waals surface area contributed by atoms with Crippen LogP contribution in [0.1, 0.15) is 11.1 Å². The van der Waals surface area contributed by atoms with Gasteiger partial charge in [0.1, 0.15) is 10.6 Å². The predicted molar refractivity (Wildman–Crippen MR) is 86.9 cm³/mol. The van der Waals surface area contributed by atoms with Crippen molar-refractivity contribution in [2.75, 3.05) is 13.7 Å². The van der Waals surface area contributed by atoms with Crippen molar-refractivity contribution in [3.63, 3.8) is 0 Å². The monoisotopic (exact) mass is 333 g/mol. The number of ether oxygens (including phenoxy) is 2. The molecule has 1 N–H and O–H groups in total. The highest BCUT2D eigenvalue weighted by Gasteiger charge is 2.23. The minimum absolute atomic E-state index is 0.138. The zero-order valence-electron chi connectivity index (χ0n) is 12.9. The van der Waals surface area contributed by atoms with E-state index < -0.39 is 10.0 Å². The minimum atomic E-state index is -3.63. The Bertz CT molecular complexity index is 789. The van der Waals surface area contributed by atoms with Crippen molar-refractivity contribution in [3.05, 3.63) is 59.7 Å². The Balaban J connectivity index is 1.69. The third-order valence-electron chi connectivity index (χ3n) is 3.90. The Morgan fingerprint density at radius 2 is 1.83 bits per heavy atom. The molecule has 0 amide bonds. The molecule has 0 radical (unpaired) electrons. The van der Waals surface area contributed by atoms with Crippen molar-refractivity contribution in [2.24, 2.45) is 0 Å². The van der Waals surface area contributed by atoms with Gasteiger partial charge in [0.05, 0.1) is 19.8 Å². The number of hydrogen-bond donors (Lipinski definition) is 1.